The summed E-state index contributed by atoms with van der Waals surface area (Å²) in [5, 5.41) is 4.24. The Bertz CT molecular complexity index is 575. The van der Waals surface area contributed by atoms with E-state index in [1.807, 2.05) is 37.0 Å². The maximum atomic E-state index is 12.9. The lowest BCUT2D eigenvalue weighted by Crippen LogP contribution is -2.49. The van der Waals surface area contributed by atoms with Crippen LogP contribution in [0.15, 0.2) is 12.3 Å². The van der Waals surface area contributed by atoms with Crippen molar-refractivity contribution >= 4 is 11.9 Å². The zero-order valence-electron chi connectivity index (χ0n) is 13.0. The first-order chi connectivity index (χ1) is 10.1. The second-order valence-corrected chi connectivity index (χ2v) is 7.70. The van der Waals surface area contributed by atoms with Crippen molar-refractivity contribution in [3.8, 4) is 0 Å². The predicted molar refractivity (Wildman–Crippen MR) is 82.6 cm³/mol. The monoisotopic (exact) mass is 284 g/mol. The van der Waals surface area contributed by atoms with Crippen molar-refractivity contribution in [1.29, 1.82) is 0 Å². The maximum absolute atomic E-state index is 12.9. The summed E-state index contributed by atoms with van der Waals surface area (Å²) in [6, 6.07) is 0. The molecular formula is C18H24N2O. The fraction of sp³-hybridized carbons (Fsp3) is 0.667. The summed E-state index contributed by atoms with van der Waals surface area (Å²) in [6.45, 7) is 2.04. The minimum absolute atomic E-state index is 0.0125. The molecule has 1 heterocycles. The Morgan fingerprint density at radius 3 is 2.29 bits per heavy atom. The van der Waals surface area contributed by atoms with Gasteiger partial charge in [0.2, 0.25) is 0 Å². The number of hydrogen-bond donors (Lipinski definition) is 0. The first kappa shape index (κ1) is 13.3. The predicted octanol–water partition coefficient (Wildman–Crippen LogP) is 3.53. The molecule has 0 spiro atoms. The van der Waals surface area contributed by atoms with Crippen LogP contribution in [0, 0.1) is 30.1 Å². The van der Waals surface area contributed by atoms with Crippen LogP contribution < -0.4 is 0 Å². The Morgan fingerprint density at radius 1 is 1.24 bits per heavy atom. The first-order valence-corrected chi connectivity index (χ1v) is 8.27. The van der Waals surface area contributed by atoms with E-state index in [9.17, 15) is 4.79 Å². The van der Waals surface area contributed by atoms with Gasteiger partial charge in [-0.2, -0.15) is 5.10 Å². The number of carbonyl (C=O) groups excluding carboxylic acids is 1. The van der Waals surface area contributed by atoms with Crippen LogP contribution in [0.3, 0.4) is 0 Å². The third kappa shape index (κ3) is 2.09. The lowest BCUT2D eigenvalue weighted by atomic mass is 9.48. The smallest absolute Gasteiger partial charge is 0.161 e. The van der Waals surface area contributed by atoms with Crippen molar-refractivity contribution < 1.29 is 4.79 Å². The van der Waals surface area contributed by atoms with Gasteiger partial charge in [0.25, 0.3) is 0 Å². The van der Waals surface area contributed by atoms with E-state index < -0.39 is 0 Å². The maximum Gasteiger partial charge on any atom is 0.161 e. The van der Waals surface area contributed by atoms with Crippen molar-refractivity contribution in [3.63, 3.8) is 0 Å². The normalized spacial score (nSPS) is 37.5. The average Bonchev–Trinajstić information content (AvgIpc) is 2.75. The van der Waals surface area contributed by atoms with Gasteiger partial charge in [-0.05, 0) is 75.4 Å². The van der Waals surface area contributed by atoms with E-state index in [2.05, 4.69) is 5.10 Å². The van der Waals surface area contributed by atoms with Gasteiger partial charge < -0.3 is 0 Å². The number of aryl methyl sites for hydroxylation is 1. The van der Waals surface area contributed by atoms with Crippen LogP contribution in [0.2, 0.25) is 0 Å². The van der Waals surface area contributed by atoms with Crippen LogP contribution in [-0.4, -0.2) is 15.6 Å². The molecule has 0 saturated heterocycles. The molecule has 5 rings (SSSR count). The number of ketones is 1. The molecule has 3 nitrogen and oxygen atoms in total. The summed E-state index contributed by atoms with van der Waals surface area (Å²) in [4.78, 5) is 12.9. The molecule has 0 amide bonds. The first-order valence-electron chi connectivity index (χ1n) is 8.27. The molecule has 0 unspecified atom stereocenters. The van der Waals surface area contributed by atoms with Crippen molar-refractivity contribution in [1.82, 2.24) is 9.78 Å². The molecule has 1 aromatic rings. The molecule has 3 heteroatoms. The quantitative estimate of drug-likeness (QED) is 0.796. The largest absolute Gasteiger partial charge is 0.294 e. The molecule has 4 fully saturated rings. The minimum atomic E-state index is -0.0125. The molecule has 0 N–H and O–H groups in total. The highest BCUT2D eigenvalue weighted by atomic mass is 16.1. The summed E-state index contributed by atoms with van der Waals surface area (Å²) >= 11 is 0. The third-order valence-electron chi connectivity index (χ3n) is 6.25. The van der Waals surface area contributed by atoms with Gasteiger partial charge in [-0.15, -0.1) is 0 Å². The van der Waals surface area contributed by atoms with Gasteiger partial charge >= 0.3 is 0 Å². The molecule has 0 aliphatic heterocycles. The second kappa shape index (κ2) is 4.56. The Kier molecular flexibility index (Phi) is 2.88. The molecular weight excluding hydrogens is 260 g/mol. The van der Waals surface area contributed by atoms with Gasteiger partial charge in [-0.1, -0.05) is 0 Å². The fourth-order valence-electron chi connectivity index (χ4n) is 5.43. The summed E-state index contributed by atoms with van der Waals surface area (Å²) in [6.07, 6.45) is 13.3. The van der Waals surface area contributed by atoms with Crippen molar-refractivity contribution in [2.75, 3.05) is 0 Å². The molecule has 21 heavy (non-hydrogen) atoms. The summed E-state index contributed by atoms with van der Waals surface area (Å²) in [5.41, 5.74) is 2.17. The zero-order chi connectivity index (χ0) is 14.6. The van der Waals surface area contributed by atoms with E-state index in [-0.39, 0.29) is 5.41 Å². The SMILES string of the molecule is Cc1c(/C=C/C(=O)C23CC4CC(CC(C4)C2)C3)cnn1C. The summed E-state index contributed by atoms with van der Waals surface area (Å²) < 4.78 is 1.86. The number of carbonyl (C=O) groups is 1. The van der Waals surface area contributed by atoms with Crippen molar-refractivity contribution in [2.45, 2.75) is 45.4 Å². The molecule has 0 radical (unpaired) electrons. The van der Waals surface area contributed by atoms with Crippen LogP contribution >= 0.6 is 0 Å². The van der Waals surface area contributed by atoms with Crippen LogP contribution in [0.1, 0.15) is 49.8 Å². The van der Waals surface area contributed by atoms with Gasteiger partial charge in [0.05, 0.1) is 6.20 Å². The van der Waals surface area contributed by atoms with E-state index in [0.717, 1.165) is 48.3 Å². The van der Waals surface area contributed by atoms with Crippen molar-refractivity contribution in [2.24, 2.45) is 30.2 Å². The second-order valence-electron chi connectivity index (χ2n) is 7.70. The molecule has 0 aromatic carbocycles. The Hall–Kier alpha value is -1.38. The number of hydrogen-bond acceptors (Lipinski definition) is 2. The van der Waals surface area contributed by atoms with Gasteiger partial charge in [0.15, 0.2) is 5.78 Å². The Morgan fingerprint density at radius 2 is 1.81 bits per heavy atom. The molecule has 4 aliphatic carbocycles. The summed E-state index contributed by atoms with van der Waals surface area (Å²) in [7, 11) is 1.94. The van der Waals surface area contributed by atoms with E-state index >= 15 is 0 Å². The van der Waals surface area contributed by atoms with Gasteiger partial charge in [-0.3, -0.25) is 9.48 Å². The highest BCUT2D eigenvalue weighted by Crippen LogP contribution is 2.60. The number of nitrogens with zero attached hydrogens (tertiary/aromatic N) is 2. The van der Waals surface area contributed by atoms with Crippen LogP contribution in [0.5, 0.6) is 0 Å². The lowest BCUT2D eigenvalue weighted by Gasteiger charge is -2.55. The number of rotatable bonds is 3. The van der Waals surface area contributed by atoms with Gasteiger partial charge in [0, 0.05) is 23.7 Å². The van der Waals surface area contributed by atoms with Crippen LogP contribution in [0.25, 0.3) is 6.08 Å². The van der Waals surface area contributed by atoms with E-state index in [1.165, 1.54) is 19.3 Å². The Balaban J connectivity index is 1.56. The summed E-state index contributed by atoms with van der Waals surface area (Å²) in [5.74, 6) is 2.86. The van der Waals surface area contributed by atoms with Crippen molar-refractivity contribution in [3.05, 3.63) is 23.5 Å². The lowest BCUT2D eigenvalue weighted by molar-refractivity contribution is -0.138. The van der Waals surface area contributed by atoms with E-state index in [4.69, 9.17) is 0 Å². The Labute approximate surface area is 126 Å². The number of aromatic nitrogens is 2. The molecule has 0 atom stereocenters. The molecule has 4 aliphatic rings. The van der Waals surface area contributed by atoms with Crippen LogP contribution in [0.4, 0.5) is 0 Å². The molecule has 4 bridgehead atoms. The zero-order valence-corrected chi connectivity index (χ0v) is 13.0. The number of allylic oxidation sites excluding steroid dienone is 1. The fourth-order valence-corrected chi connectivity index (χ4v) is 5.43. The molecule has 112 valence electrons. The van der Waals surface area contributed by atoms with Gasteiger partial charge in [-0.25, -0.2) is 0 Å². The molecule has 4 saturated carbocycles. The van der Waals surface area contributed by atoms with Gasteiger partial charge in [0.1, 0.15) is 0 Å². The topological polar surface area (TPSA) is 34.9 Å². The van der Waals surface area contributed by atoms with E-state index in [0.29, 0.717) is 5.78 Å². The average molecular weight is 284 g/mol. The highest BCUT2D eigenvalue weighted by Gasteiger charge is 2.53. The van der Waals surface area contributed by atoms with Crippen LogP contribution in [-0.2, 0) is 11.8 Å². The highest BCUT2D eigenvalue weighted by molar-refractivity contribution is 5.98. The van der Waals surface area contributed by atoms with E-state index in [1.54, 1.807) is 0 Å². The molecule has 1 aromatic heterocycles. The minimum Gasteiger partial charge on any atom is -0.294 e. The standard InChI is InChI=1S/C18H24N2O/c1-12-16(11-19-20(12)2)3-4-17(21)18-8-13-5-14(9-18)7-15(6-13)10-18/h3-4,11,13-15H,5-10H2,1-2H3/b4-3+. The third-order valence-corrected chi connectivity index (χ3v) is 6.25.